The van der Waals surface area contributed by atoms with Crippen LogP contribution in [0.1, 0.15) is 37.3 Å². The second-order valence-electron chi connectivity index (χ2n) is 9.28. The lowest BCUT2D eigenvalue weighted by Crippen LogP contribution is -2.69. The van der Waals surface area contributed by atoms with Gasteiger partial charge in [-0.2, -0.15) is 5.10 Å². The third kappa shape index (κ3) is 6.39. The van der Waals surface area contributed by atoms with Crippen LogP contribution in [0, 0.1) is 0 Å². The summed E-state index contributed by atoms with van der Waals surface area (Å²) < 4.78 is 0. The fourth-order valence-electron chi connectivity index (χ4n) is 3.94. The highest BCUT2D eigenvalue weighted by Gasteiger charge is 2.20. The first-order valence-electron chi connectivity index (χ1n) is 12.2. The van der Waals surface area contributed by atoms with Crippen LogP contribution >= 0.6 is 0 Å². The number of likely N-dealkylation sites (N-methyl/N-ethyl adjacent to an activating group) is 1. The van der Waals surface area contributed by atoms with Gasteiger partial charge in [0.1, 0.15) is 12.4 Å². The minimum absolute atomic E-state index is 0.182. The molecule has 36 heavy (non-hydrogen) atoms. The van der Waals surface area contributed by atoms with E-state index in [1.165, 1.54) is 0 Å². The molecule has 1 aliphatic rings. The van der Waals surface area contributed by atoms with Crippen LogP contribution in [0.5, 0.6) is 0 Å². The number of pyridine rings is 2. The van der Waals surface area contributed by atoms with Crippen LogP contribution in [0.3, 0.4) is 0 Å². The zero-order valence-electron chi connectivity index (χ0n) is 21.1. The van der Waals surface area contributed by atoms with Crippen LogP contribution in [-0.2, 0) is 4.79 Å². The number of amides is 1. The van der Waals surface area contributed by atoms with Crippen molar-refractivity contribution in [3.63, 3.8) is 0 Å². The molecule has 4 heterocycles. The number of rotatable bonds is 9. The minimum Gasteiger partial charge on any atom is -0.404 e. The lowest BCUT2D eigenvalue weighted by atomic mass is 10.1. The van der Waals surface area contributed by atoms with E-state index in [4.69, 9.17) is 10.7 Å². The number of nitrogens with one attached hydrogen (secondary N) is 2. The lowest BCUT2D eigenvalue weighted by molar-refractivity contribution is -0.451. The maximum Gasteiger partial charge on any atom is 0.236 e. The van der Waals surface area contributed by atoms with E-state index in [0.717, 1.165) is 60.3 Å². The summed E-state index contributed by atoms with van der Waals surface area (Å²) in [4.78, 5) is 28.4. The highest BCUT2D eigenvalue weighted by molar-refractivity contribution is 6.07. The average Bonchev–Trinajstić information content (AvgIpc) is 2.88. The molecule has 0 aromatic carbocycles. The van der Waals surface area contributed by atoms with Gasteiger partial charge >= 0.3 is 0 Å². The van der Waals surface area contributed by atoms with Crippen molar-refractivity contribution >= 4 is 40.4 Å². The molecule has 0 spiro atoms. The summed E-state index contributed by atoms with van der Waals surface area (Å²) in [6, 6.07) is 7.75. The molecule has 3 aromatic rings. The van der Waals surface area contributed by atoms with Gasteiger partial charge in [0.15, 0.2) is 12.0 Å². The van der Waals surface area contributed by atoms with Crippen molar-refractivity contribution in [1.29, 1.82) is 0 Å². The summed E-state index contributed by atoms with van der Waals surface area (Å²) in [6.45, 7) is 8.10. The summed E-state index contributed by atoms with van der Waals surface area (Å²) in [7, 11) is 1.85. The van der Waals surface area contributed by atoms with E-state index in [-0.39, 0.29) is 5.91 Å². The van der Waals surface area contributed by atoms with E-state index in [0.29, 0.717) is 24.1 Å². The van der Waals surface area contributed by atoms with E-state index in [1.54, 1.807) is 23.5 Å². The second kappa shape index (κ2) is 11.7. The van der Waals surface area contributed by atoms with Crippen LogP contribution in [0.25, 0.3) is 16.6 Å². The van der Waals surface area contributed by atoms with Gasteiger partial charge in [-0.3, -0.25) is 14.7 Å². The maximum absolute atomic E-state index is 11.8. The molecule has 10 heteroatoms. The Morgan fingerprint density at radius 3 is 2.83 bits per heavy atom. The fourth-order valence-corrected chi connectivity index (χ4v) is 3.94. The molecule has 3 aromatic heterocycles. The van der Waals surface area contributed by atoms with Gasteiger partial charge in [0.2, 0.25) is 5.91 Å². The van der Waals surface area contributed by atoms with Crippen molar-refractivity contribution in [2.45, 2.75) is 26.2 Å². The minimum atomic E-state index is 0.182. The SMILES string of the molecule is CC(C)c1cnnc(Nc2ccc3ncc(C(C=[NH+]CCCN4CCN(C)C(=O)C4)=CN)cc3n2)c1. The molecular weight excluding hydrogens is 454 g/mol. The molecule has 1 aliphatic heterocycles. The first kappa shape index (κ1) is 25.2. The zero-order valence-corrected chi connectivity index (χ0v) is 21.1. The first-order valence-corrected chi connectivity index (χ1v) is 12.2. The molecule has 4 rings (SSSR count). The van der Waals surface area contributed by atoms with Gasteiger partial charge < -0.3 is 16.0 Å². The summed E-state index contributed by atoms with van der Waals surface area (Å²) in [5.74, 6) is 1.86. The van der Waals surface area contributed by atoms with Crippen molar-refractivity contribution < 1.29 is 9.79 Å². The van der Waals surface area contributed by atoms with Crippen molar-refractivity contribution in [1.82, 2.24) is 30.0 Å². The summed E-state index contributed by atoms with van der Waals surface area (Å²) in [5, 5.41) is 11.5. The average molecular weight is 489 g/mol. The molecule has 0 bridgehead atoms. The molecule has 0 aliphatic carbocycles. The smallest absolute Gasteiger partial charge is 0.236 e. The lowest BCUT2D eigenvalue weighted by Gasteiger charge is -2.31. The van der Waals surface area contributed by atoms with Gasteiger partial charge in [-0.15, -0.1) is 5.10 Å². The zero-order chi connectivity index (χ0) is 25.5. The summed E-state index contributed by atoms with van der Waals surface area (Å²) in [5.41, 5.74) is 10.3. The molecule has 0 saturated carbocycles. The molecule has 188 valence electrons. The van der Waals surface area contributed by atoms with E-state index in [1.807, 2.05) is 37.5 Å². The Kier molecular flexibility index (Phi) is 8.17. The number of nitrogens with two attached hydrogens (primary N) is 1. The molecule has 4 N–H and O–H groups in total. The number of carbonyl (C=O) groups is 1. The van der Waals surface area contributed by atoms with Gasteiger partial charge in [-0.25, -0.2) is 9.98 Å². The third-order valence-corrected chi connectivity index (χ3v) is 6.24. The van der Waals surface area contributed by atoms with E-state index < -0.39 is 0 Å². The Labute approximate surface area is 211 Å². The van der Waals surface area contributed by atoms with Crippen LogP contribution in [0.15, 0.2) is 42.9 Å². The van der Waals surface area contributed by atoms with E-state index in [9.17, 15) is 4.79 Å². The monoisotopic (exact) mass is 488 g/mol. The first-order chi connectivity index (χ1) is 17.4. The number of hydrogen-bond acceptors (Lipinski definition) is 8. The summed E-state index contributed by atoms with van der Waals surface area (Å²) in [6.07, 6.45) is 7.95. The molecule has 1 saturated heterocycles. The Morgan fingerprint density at radius 1 is 1.19 bits per heavy atom. The van der Waals surface area contributed by atoms with Crippen LogP contribution < -0.4 is 16.0 Å². The third-order valence-electron chi connectivity index (χ3n) is 6.24. The number of aromatic nitrogens is 4. The van der Waals surface area contributed by atoms with Crippen molar-refractivity contribution in [2.75, 3.05) is 45.1 Å². The molecule has 1 amide bonds. The molecule has 0 radical (unpaired) electrons. The fraction of sp³-hybridized carbons (Fsp3) is 0.385. The quantitative estimate of drug-likeness (QED) is 0.300. The summed E-state index contributed by atoms with van der Waals surface area (Å²) >= 11 is 0. The predicted octanol–water partition coefficient (Wildman–Crippen LogP) is 0.902. The topological polar surface area (TPSA) is 127 Å². The van der Waals surface area contributed by atoms with Gasteiger partial charge in [0.25, 0.3) is 0 Å². The highest BCUT2D eigenvalue weighted by Crippen LogP contribution is 2.21. The van der Waals surface area contributed by atoms with Crippen molar-refractivity contribution in [2.24, 2.45) is 5.73 Å². The number of piperazine rings is 1. The maximum atomic E-state index is 11.8. The number of hydrogen-bond donors (Lipinski definition) is 3. The van der Waals surface area contributed by atoms with Gasteiger partial charge in [0, 0.05) is 51.1 Å². The van der Waals surface area contributed by atoms with Gasteiger partial charge in [0.05, 0.1) is 29.3 Å². The Morgan fingerprint density at radius 2 is 2.06 bits per heavy atom. The number of nitrogens with zero attached hydrogens (tertiary/aromatic N) is 6. The highest BCUT2D eigenvalue weighted by atomic mass is 16.2. The van der Waals surface area contributed by atoms with E-state index in [2.05, 4.69) is 44.2 Å². The number of allylic oxidation sites excluding steroid dienone is 1. The molecule has 1 fully saturated rings. The van der Waals surface area contributed by atoms with Gasteiger partial charge in [-0.05, 0) is 35.7 Å². The molecule has 0 atom stereocenters. The van der Waals surface area contributed by atoms with Crippen LogP contribution in [0.2, 0.25) is 0 Å². The molecular formula is C26H34N9O+. The largest absolute Gasteiger partial charge is 0.404 e. The molecule has 10 nitrogen and oxygen atoms in total. The Balaban J connectivity index is 1.39. The van der Waals surface area contributed by atoms with E-state index >= 15 is 0 Å². The van der Waals surface area contributed by atoms with Crippen molar-refractivity contribution in [3.8, 4) is 0 Å². The van der Waals surface area contributed by atoms with Crippen molar-refractivity contribution in [3.05, 3.63) is 54.0 Å². The van der Waals surface area contributed by atoms with Gasteiger partial charge in [-0.1, -0.05) is 13.8 Å². The van der Waals surface area contributed by atoms with Crippen LogP contribution in [0.4, 0.5) is 11.6 Å². The number of anilines is 2. The standard InChI is InChI=1S/C26H33N9O/c1-18(2)19-12-25(33-30-16-19)32-24-6-5-22-23(31-24)11-20(15-29-22)21(13-27)14-28-7-4-8-35-10-9-34(3)26(36)17-35/h5-6,11-16,18H,4,7-10,17,27H2,1-3H3,(H,31,32,33)/p+1. The normalized spacial score (nSPS) is 15.4. The predicted molar refractivity (Wildman–Crippen MR) is 142 cm³/mol. The Bertz CT molecular complexity index is 1270. The van der Waals surface area contributed by atoms with Crippen LogP contribution in [-0.4, -0.2) is 81.9 Å². The second-order valence-corrected chi connectivity index (χ2v) is 9.28. The molecule has 0 unspecified atom stereocenters. The number of fused-ring (bicyclic) bond motifs is 1. The Hall–Kier alpha value is -3.92. The number of carbonyl (C=O) groups excluding carboxylic acids is 1.